The van der Waals surface area contributed by atoms with Gasteiger partial charge in [-0.3, -0.25) is 0 Å². The van der Waals surface area contributed by atoms with Crippen LogP contribution in [-0.2, 0) is 6.54 Å². The minimum absolute atomic E-state index is 0. The normalized spacial score (nSPS) is 16.0. The van der Waals surface area contributed by atoms with Crippen molar-refractivity contribution in [3.8, 4) is 17.2 Å². The molecular formula is C18H30ClNO3. The summed E-state index contributed by atoms with van der Waals surface area (Å²) in [7, 11) is 4.96. The van der Waals surface area contributed by atoms with Crippen molar-refractivity contribution in [3.05, 3.63) is 17.7 Å². The zero-order chi connectivity index (χ0) is 15.8. The van der Waals surface area contributed by atoms with Gasteiger partial charge < -0.3 is 19.5 Å². The minimum atomic E-state index is 0. The molecule has 1 saturated carbocycles. The van der Waals surface area contributed by atoms with E-state index in [1.54, 1.807) is 21.3 Å². The molecule has 1 fully saturated rings. The largest absolute Gasteiger partial charge is 0.493 e. The van der Waals surface area contributed by atoms with Crippen molar-refractivity contribution in [2.75, 3.05) is 21.3 Å². The first kappa shape index (κ1) is 19.9. The molecule has 1 N–H and O–H groups in total. The lowest BCUT2D eigenvalue weighted by atomic mass is 9.96. The molecule has 1 aliphatic rings. The molecule has 0 heterocycles. The van der Waals surface area contributed by atoms with Crippen LogP contribution >= 0.6 is 12.4 Å². The molecule has 1 aliphatic carbocycles. The predicted molar refractivity (Wildman–Crippen MR) is 96.3 cm³/mol. The highest BCUT2D eigenvalue weighted by molar-refractivity contribution is 5.85. The smallest absolute Gasteiger partial charge is 0.203 e. The Morgan fingerprint density at radius 3 is 2.04 bits per heavy atom. The molecule has 23 heavy (non-hydrogen) atoms. The molecule has 0 radical (unpaired) electrons. The lowest BCUT2D eigenvalue weighted by Gasteiger charge is -2.22. The van der Waals surface area contributed by atoms with Crippen molar-refractivity contribution >= 4 is 12.4 Å². The van der Waals surface area contributed by atoms with Crippen LogP contribution in [0.1, 0.15) is 50.5 Å². The first-order valence-electron chi connectivity index (χ1n) is 8.31. The second-order valence-electron chi connectivity index (χ2n) is 5.92. The van der Waals surface area contributed by atoms with Gasteiger partial charge in [-0.25, -0.2) is 0 Å². The molecule has 2 rings (SSSR count). The van der Waals surface area contributed by atoms with Crippen LogP contribution in [0.2, 0.25) is 0 Å². The Morgan fingerprint density at radius 1 is 0.870 bits per heavy atom. The van der Waals surface area contributed by atoms with Gasteiger partial charge >= 0.3 is 0 Å². The number of rotatable bonds is 6. The molecule has 0 atom stereocenters. The molecule has 1 aromatic rings. The van der Waals surface area contributed by atoms with Gasteiger partial charge in [0, 0.05) is 18.2 Å². The SMILES string of the molecule is COc1ccc(CNC2CCCCCCC2)c(OC)c1OC.Cl. The Balaban J connectivity index is 0.00000264. The molecule has 0 spiro atoms. The minimum Gasteiger partial charge on any atom is -0.493 e. The van der Waals surface area contributed by atoms with Crippen LogP contribution in [-0.4, -0.2) is 27.4 Å². The zero-order valence-electron chi connectivity index (χ0n) is 14.5. The third-order valence-electron chi connectivity index (χ3n) is 4.47. The van der Waals surface area contributed by atoms with Crippen LogP contribution in [0.15, 0.2) is 12.1 Å². The fourth-order valence-electron chi connectivity index (χ4n) is 3.22. The second kappa shape index (κ2) is 10.6. The van der Waals surface area contributed by atoms with Gasteiger partial charge in [0.15, 0.2) is 11.5 Å². The summed E-state index contributed by atoms with van der Waals surface area (Å²) < 4.78 is 16.3. The summed E-state index contributed by atoms with van der Waals surface area (Å²) >= 11 is 0. The second-order valence-corrected chi connectivity index (χ2v) is 5.92. The number of methoxy groups -OCH3 is 3. The molecular weight excluding hydrogens is 314 g/mol. The number of benzene rings is 1. The molecule has 4 nitrogen and oxygen atoms in total. The number of hydrogen-bond donors (Lipinski definition) is 1. The van der Waals surface area contributed by atoms with E-state index in [9.17, 15) is 0 Å². The molecule has 0 saturated heterocycles. The van der Waals surface area contributed by atoms with Crippen LogP contribution in [0.25, 0.3) is 0 Å². The molecule has 1 aromatic carbocycles. The van der Waals surface area contributed by atoms with Crippen LogP contribution in [0.4, 0.5) is 0 Å². The third kappa shape index (κ3) is 5.47. The van der Waals surface area contributed by atoms with Crippen LogP contribution < -0.4 is 19.5 Å². The maximum atomic E-state index is 5.55. The van der Waals surface area contributed by atoms with Gasteiger partial charge in [0.25, 0.3) is 0 Å². The zero-order valence-corrected chi connectivity index (χ0v) is 15.3. The average Bonchev–Trinajstić information content (AvgIpc) is 2.52. The first-order valence-corrected chi connectivity index (χ1v) is 8.31. The van der Waals surface area contributed by atoms with E-state index < -0.39 is 0 Å². The van der Waals surface area contributed by atoms with Crippen molar-refractivity contribution in [2.45, 2.75) is 57.5 Å². The molecule has 0 aliphatic heterocycles. The van der Waals surface area contributed by atoms with Crippen molar-refractivity contribution in [3.63, 3.8) is 0 Å². The van der Waals surface area contributed by atoms with Crippen LogP contribution in [0, 0.1) is 0 Å². The Bertz CT molecular complexity index is 460. The number of halogens is 1. The monoisotopic (exact) mass is 343 g/mol. The van der Waals surface area contributed by atoms with Crippen molar-refractivity contribution < 1.29 is 14.2 Å². The fraction of sp³-hybridized carbons (Fsp3) is 0.667. The van der Waals surface area contributed by atoms with E-state index in [1.165, 1.54) is 44.9 Å². The molecule has 5 heteroatoms. The Labute approximate surface area is 146 Å². The highest BCUT2D eigenvalue weighted by Crippen LogP contribution is 2.39. The van der Waals surface area contributed by atoms with Crippen molar-refractivity contribution in [1.29, 1.82) is 0 Å². The lowest BCUT2D eigenvalue weighted by Crippen LogP contribution is -2.29. The molecule has 0 aromatic heterocycles. The van der Waals surface area contributed by atoms with Crippen LogP contribution in [0.3, 0.4) is 0 Å². The summed E-state index contributed by atoms with van der Waals surface area (Å²) in [6.07, 6.45) is 9.36. The number of ether oxygens (including phenoxy) is 3. The van der Waals surface area contributed by atoms with Gasteiger partial charge in [-0.1, -0.05) is 38.2 Å². The van der Waals surface area contributed by atoms with Crippen molar-refractivity contribution in [2.24, 2.45) is 0 Å². The maximum Gasteiger partial charge on any atom is 0.203 e. The molecule has 0 bridgehead atoms. The predicted octanol–water partition coefficient (Wildman–Crippen LogP) is 4.34. The third-order valence-corrected chi connectivity index (χ3v) is 4.47. The topological polar surface area (TPSA) is 39.7 Å². The van der Waals surface area contributed by atoms with E-state index in [0.717, 1.165) is 17.9 Å². The quantitative estimate of drug-likeness (QED) is 0.834. The first-order chi connectivity index (χ1) is 10.8. The summed E-state index contributed by atoms with van der Waals surface area (Å²) in [6, 6.07) is 4.60. The Morgan fingerprint density at radius 2 is 1.48 bits per heavy atom. The highest BCUT2D eigenvalue weighted by Gasteiger charge is 2.17. The van der Waals surface area contributed by atoms with E-state index in [-0.39, 0.29) is 12.4 Å². The standard InChI is InChI=1S/C18H29NO3.ClH/c1-20-16-12-11-14(17(21-2)18(16)22-3)13-19-15-9-7-5-4-6-8-10-15;/h11-12,15,19H,4-10,13H2,1-3H3;1H. The fourth-order valence-corrected chi connectivity index (χ4v) is 3.22. The highest BCUT2D eigenvalue weighted by atomic mass is 35.5. The van der Waals surface area contributed by atoms with Crippen LogP contribution in [0.5, 0.6) is 17.2 Å². The molecule has 0 unspecified atom stereocenters. The molecule has 0 amide bonds. The van der Waals surface area contributed by atoms with Gasteiger partial charge in [0.05, 0.1) is 21.3 Å². The van der Waals surface area contributed by atoms with Crippen molar-refractivity contribution in [1.82, 2.24) is 5.32 Å². The van der Waals surface area contributed by atoms with Gasteiger partial charge in [-0.15, -0.1) is 12.4 Å². The summed E-state index contributed by atoms with van der Waals surface area (Å²) in [5.41, 5.74) is 1.11. The number of hydrogen-bond acceptors (Lipinski definition) is 4. The lowest BCUT2D eigenvalue weighted by molar-refractivity contribution is 0.320. The van der Waals surface area contributed by atoms with E-state index in [2.05, 4.69) is 11.4 Å². The summed E-state index contributed by atoms with van der Waals surface area (Å²) in [5.74, 6) is 2.14. The average molecular weight is 344 g/mol. The van der Waals surface area contributed by atoms with E-state index in [4.69, 9.17) is 14.2 Å². The Hall–Kier alpha value is -1.13. The maximum absolute atomic E-state index is 5.55. The van der Waals surface area contributed by atoms with E-state index >= 15 is 0 Å². The van der Waals surface area contributed by atoms with Gasteiger partial charge in [0.1, 0.15) is 0 Å². The molecule has 132 valence electrons. The van der Waals surface area contributed by atoms with Gasteiger partial charge in [0.2, 0.25) is 5.75 Å². The number of nitrogens with one attached hydrogen (secondary N) is 1. The summed E-state index contributed by atoms with van der Waals surface area (Å²) in [6.45, 7) is 0.800. The van der Waals surface area contributed by atoms with E-state index in [0.29, 0.717) is 17.5 Å². The summed E-state index contributed by atoms with van der Waals surface area (Å²) in [5, 5.41) is 3.69. The van der Waals surface area contributed by atoms with Gasteiger partial charge in [-0.05, 0) is 18.9 Å². The summed E-state index contributed by atoms with van der Waals surface area (Å²) in [4.78, 5) is 0. The van der Waals surface area contributed by atoms with E-state index in [1.807, 2.05) is 6.07 Å². The van der Waals surface area contributed by atoms with Gasteiger partial charge in [-0.2, -0.15) is 0 Å². The Kier molecular flexibility index (Phi) is 9.19.